The van der Waals surface area contributed by atoms with Crippen molar-refractivity contribution in [2.75, 3.05) is 6.54 Å². The third kappa shape index (κ3) is 4.23. The summed E-state index contributed by atoms with van der Waals surface area (Å²) in [6.45, 7) is 3.29. The highest BCUT2D eigenvalue weighted by atomic mass is 16.3. The zero-order chi connectivity index (χ0) is 14.5. The lowest BCUT2D eigenvalue weighted by Gasteiger charge is -2.23. The fraction of sp³-hybridized carbons (Fsp3) is 0.562. The van der Waals surface area contributed by atoms with Crippen molar-refractivity contribution in [2.45, 2.75) is 45.2 Å². The van der Waals surface area contributed by atoms with Crippen LogP contribution in [0.4, 0.5) is 0 Å². The average Bonchev–Trinajstić information content (AvgIpc) is 3.26. The van der Waals surface area contributed by atoms with E-state index in [1.165, 1.54) is 0 Å². The summed E-state index contributed by atoms with van der Waals surface area (Å²) >= 11 is 0. The normalized spacial score (nSPS) is 15.9. The summed E-state index contributed by atoms with van der Waals surface area (Å²) in [6, 6.07) is 7.53. The smallest absolute Gasteiger partial charge is 0.223 e. The van der Waals surface area contributed by atoms with Gasteiger partial charge in [-0.3, -0.25) is 4.79 Å². The maximum Gasteiger partial charge on any atom is 0.223 e. The lowest BCUT2D eigenvalue weighted by atomic mass is 10.1. The van der Waals surface area contributed by atoms with Crippen molar-refractivity contribution in [1.29, 1.82) is 0 Å². The largest absolute Gasteiger partial charge is 0.508 e. The highest BCUT2D eigenvalue weighted by Crippen LogP contribution is 2.29. The molecule has 1 unspecified atom stereocenters. The van der Waals surface area contributed by atoms with E-state index in [1.807, 2.05) is 17.0 Å². The number of hydrogen-bond acceptors (Lipinski definition) is 3. The highest BCUT2D eigenvalue weighted by molar-refractivity contribution is 5.76. The number of nitrogens with two attached hydrogens (primary N) is 1. The molecule has 0 heterocycles. The molecule has 0 aromatic heterocycles. The lowest BCUT2D eigenvalue weighted by Crippen LogP contribution is -2.32. The van der Waals surface area contributed by atoms with E-state index in [4.69, 9.17) is 5.73 Å². The number of amides is 1. The Labute approximate surface area is 120 Å². The number of nitrogens with zero attached hydrogens (tertiary/aromatic N) is 1. The predicted octanol–water partition coefficient (Wildman–Crippen LogP) is 2.26. The molecule has 1 atom stereocenters. The second-order valence-electron chi connectivity index (χ2n) is 5.80. The lowest BCUT2D eigenvalue weighted by molar-refractivity contribution is -0.132. The van der Waals surface area contributed by atoms with Gasteiger partial charge in [0.1, 0.15) is 5.75 Å². The van der Waals surface area contributed by atoms with Gasteiger partial charge in [-0.15, -0.1) is 0 Å². The van der Waals surface area contributed by atoms with Gasteiger partial charge in [-0.2, -0.15) is 0 Å². The van der Waals surface area contributed by atoms with E-state index in [0.29, 0.717) is 31.5 Å². The zero-order valence-electron chi connectivity index (χ0n) is 12.1. The van der Waals surface area contributed by atoms with Gasteiger partial charge in [0.15, 0.2) is 0 Å². The van der Waals surface area contributed by atoms with Gasteiger partial charge in [0.05, 0.1) is 0 Å². The summed E-state index contributed by atoms with van der Waals surface area (Å²) < 4.78 is 0. The number of phenols is 1. The maximum atomic E-state index is 12.4. The quantitative estimate of drug-likeness (QED) is 0.802. The average molecular weight is 276 g/mol. The Morgan fingerprint density at radius 2 is 2.25 bits per heavy atom. The molecule has 2 rings (SSSR count). The molecule has 4 nitrogen and oxygen atoms in total. The first-order valence-corrected chi connectivity index (χ1v) is 7.37. The van der Waals surface area contributed by atoms with Gasteiger partial charge in [-0.05, 0) is 49.4 Å². The molecule has 1 aromatic carbocycles. The third-order valence-electron chi connectivity index (χ3n) is 3.82. The summed E-state index contributed by atoms with van der Waals surface area (Å²) in [7, 11) is 0. The van der Waals surface area contributed by atoms with E-state index in [0.717, 1.165) is 24.8 Å². The minimum Gasteiger partial charge on any atom is -0.508 e. The first-order chi connectivity index (χ1) is 9.60. The first kappa shape index (κ1) is 14.9. The van der Waals surface area contributed by atoms with Gasteiger partial charge in [0, 0.05) is 19.0 Å². The van der Waals surface area contributed by atoms with Crippen molar-refractivity contribution in [3.8, 4) is 5.75 Å². The highest BCUT2D eigenvalue weighted by Gasteiger charge is 2.32. The van der Waals surface area contributed by atoms with Crippen LogP contribution in [0.3, 0.4) is 0 Å². The summed E-state index contributed by atoms with van der Waals surface area (Å²) in [4.78, 5) is 14.3. The summed E-state index contributed by atoms with van der Waals surface area (Å²) in [6.07, 6.45) is 3.60. The minimum absolute atomic E-state index is 0.205. The van der Waals surface area contributed by atoms with E-state index < -0.39 is 0 Å². The Morgan fingerprint density at radius 3 is 2.85 bits per heavy atom. The molecule has 4 heteroatoms. The predicted molar refractivity (Wildman–Crippen MR) is 79.1 cm³/mol. The second-order valence-corrected chi connectivity index (χ2v) is 5.80. The molecule has 1 amide bonds. The van der Waals surface area contributed by atoms with Crippen LogP contribution in [0, 0.1) is 5.92 Å². The molecule has 3 N–H and O–H groups in total. The summed E-state index contributed by atoms with van der Waals surface area (Å²) in [5.41, 5.74) is 6.58. The molecule has 1 aromatic rings. The van der Waals surface area contributed by atoms with Gasteiger partial charge in [0.2, 0.25) is 5.91 Å². The van der Waals surface area contributed by atoms with Crippen LogP contribution < -0.4 is 5.73 Å². The number of phenolic OH excluding ortho intramolecular Hbond substituents is 1. The van der Waals surface area contributed by atoms with E-state index in [9.17, 15) is 9.90 Å². The van der Waals surface area contributed by atoms with Crippen molar-refractivity contribution in [3.05, 3.63) is 29.8 Å². The number of hydrogen-bond donors (Lipinski definition) is 2. The third-order valence-corrected chi connectivity index (χ3v) is 3.82. The van der Waals surface area contributed by atoms with Crippen molar-refractivity contribution in [3.63, 3.8) is 0 Å². The molecule has 0 bridgehead atoms. The Morgan fingerprint density at radius 1 is 1.50 bits per heavy atom. The van der Waals surface area contributed by atoms with Crippen molar-refractivity contribution in [2.24, 2.45) is 11.7 Å². The van der Waals surface area contributed by atoms with Crippen LogP contribution in [0.25, 0.3) is 0 Å². The minimum atomic E-state index is 0.205. The van der Waals surface area contributed by atoms with E-state index >= 15 is 0 Å². The number of carbonyl (C=O) groups is 1. The Hall–Kier alpha value is -1.55. The van der Waals surface area contributed by atoms with E-state index in [1.54, 1.807) is 12.1 Å². The summed E-state index contributed by atoms with van der Waals surface area (Å²) in [5, 5.41) is 9.51. The molecule has 1 aliphatic rings. The molecule has 0 radical (unpaired) electrons. The van der Waals surface area contributed by atoms with Crippen molar-refractivity contribution in [1.82, 2.24) is 4.90 Å². The Kier molecular flexibility index (Phi) is 5.01. The fourth-order valence-corrected chi connectivity index (χ4v) is 2.29. The van der Waals surface area contributed by atoms with Gasteiger partial charge in [0.25, 0.3) is 0 Å². The van der Waals surface area contributed by atoms with Gasteiger partial charge < -0.3 is 15.7 Å². The van der Waals surface area contributed by atoms with Crippen LogP contribution in [-0.2, 0) is 11.3 Å². The monoisotopic (exact) mass is 276 g/mol. The van der Waals surface area contributed by atoms with Crippen LogP contribution in [0.5, 0.6) is 5.75 Å². The van der Waals surface area contributed by atoms with Crippen LogP contribution in [0.1, 0.15) is 38.2 Å². The first-order valence-electron chi connectivity index (χ1n) is 7.37. The standard InChI is InChI=1S/C16H24N2O2/c1-12(10-17)5-8-16(20)18(14-6-7-14)11-13-3-2-4-15(19)9-13/h2-4,9,12,14,19H,5-8,10-11,17H2,1H3. The number of benzene rings is 1. The molecular formula is C16H24N2O2. The number of rotatable bonds is 7. The van der Waals surface area contributed by atoms with E-state index in [-0.39, 0.29) is 11.7 Å². The van der Waals surface area contributed by atoms with Gasteiger partial charge >= 0.3 is 0 Å². The number of aromatic hydroxyl groups is 1. The van der Waals surface area contributed by atoms with Gasteiger partial charge in [-0.1, -0.05) is 19.1 Å². The SMILES string of the molecule is CC(CN)CCC(=O)N(Cc1cccc(O)c1)C1CC1. The van der Waals surface area contributed by atoms with Crippen LogP contribution in [0.15, 0.2) is 24.3 Å². The molecule has 20 heavy (non-hydrogen) atoms. The molecule has 1 fully saturated rings. The molecule has 0 spiro atoms. The van der Waals surface area contributed by atoms with Crippen LogP contribution >= 0.6 is 0 Å². The van der Waals surface area contributed by atoms with Crippen molar-refractivity contribution >= 4 is 5.91 Å². The topological polar surface area (TPSA) is 66.6 Å². The Bertz CT molecular complexity index is 458. The molecule has 1 saturated carbocycles. The zero-order valence-corrected chi connectivity index (χ0v) is 12.1. The van der Waals surface area contributed by atoms with Gasteiger partial charge in [-0.25, -0.2) is 0 Å². The molecule has 0 saturated heterocycles. The molecule has 1 aliphatic carbocycles. The van der Waals surface area contributed by atoms with Crippen molar-refractivity contribution < 1.29 is 9.90 Å². The van der Waals surface area contributed by atoms with Crippen LogP contribution in [-0.4, -0.2) is 28.5 Å². The second kappa shape index (κ2) is 6.75. The maximum absolute atomic E-state index is 12.4. The molecule has 110 valence electrons. The molecular weight excluding hydrogens is 252 g/mol. The van der Waals surface area contributed by atoms with E-state index in [2.05, 4.69) is 6.92 Å². The van der Waals surface area contributed by atoms with Crippen LogP contribution in [0.2, 0.25) is 0 Å². The fourth-order valence-electron chi connectivity index (χ4n) is 2.29. The number of carbonyl (C=O) groups excluding carboxylic acids is 1. The summed E-state index contributed by atoms with van der Waals surface area (Å²) in [5.74, 6) is 0.847. The Balaban J connectivity index is 1.95. The molecule has 0 aliphatic heterocycles.